The van der Waals surface area contributed by atoms with Gasteiger partial charge in [-0.2, -0.15) is 0 Å². The molecule has 76 valence electrons. The van der Waals surface area contributed by atoms with E-state index in [1.807, 2.05) is 30.0 Å². The molecule has 0 atom stereocenters. The number of anilines is 1. The summed E-state index contributed by atoms with van der Waals surface area (Å²) in [7, 11) is 1.69. The van der Waals surface area contributed by atoms with Crippen molar-refractivity contribution in [2.24, 2.45) is 5.92 Å². The van der Waals surface area contributed by atoms with E-state index in [4.69, 9.17) is 10.5 Å². The standard InChI is InChI=1S/C11H15NOS/c1-13-10-6-9(12)4-5-11(10)14-7-8-2-3-8/h4-6,8H,2-3,7,12H2,1H3. The lowest BCUT2D eigenvalue weighted by Gasteiger charge is -2.08. The highest BCUT2D eigenvalue weighted by atomic mass is 32.2. The molecule has 0 heterocycles. The van der Waals surface area contributed by atoms with Crippen molar-refractivity contribution in [3.63, 3.8) is 0 Å². The third kappa shape index (κ3) is 2.35. The van der Waals surface area contributed by atoms with Crippen molar-refractivity contribution in [2.75, 3.05) is 18.6 Å². The van der Waals surface area contributed by atoms with Crippen LogP contribution in [0.25, 0.3) is 0 Å². The van der Waals surface area contributed by atoms with Gasteiger partial charge in [0.25, 0.3) is 0 Å². The van der Waals surface area contributed by atoms with Crippen LogP contribution in [-0.2, 0) is 0 Å². The van der Waals surface area contributed by atoms with E-state index in [0.717, 1.165) is 17.4 Å². The van der Waals surface area contributed by atoms with Gasteiger partial charge < -0.3 is 10.5 Å². The van der Waals surface area contributed by atoms with Crippen molar-refractivity contribution >= 4 is 17.4 Å². The van der Waals surface area contributed by atoms with Crippen LogP contribution in [-0.4, -0.2) is 12.9 Å². The number of rotatable bonds is 4. The van der Waals surface area contributed by atoms with Gasteiger partial charge in [0.1, 0.15) is 5.75 Å². The first kappa shape index (κ1) is 9.71. The van der Waals surface area contributed by atoms with Crippen molar-refractivity contribution in [1.29, 1.82) is 0 Å². The highest BCUT2D eigenvalue weighted by Crippen LogP contribution is 2.38. The van der Waals surface area contributed by atoms with E-state index in [0.29, 0.717) is 0 Å². The molecular formula is C11H15NOS. The maximum absolute atomic E-state index is 5.68. The van der Waals surface area contributed by atoms with E-state index in [2.05, 4.69) is 0 Å². The Hall–Kier alpha value is -0.830. The molecule has 3 heteroatoms. The fourth-order valence-corrected chi connectivity index (χ4v) is 2.49. The third-order valence-electron chi connectivity index (χ3n) is 2.36. The molecule has 14 heavy (non-hydrogen) atoms. The lowest BCUT2D eigenvalue weighted by Crippen LogP contribution is -1.91. The van der Waals surface area contributed by atoms with Crippen LogP contribution < -0.4 is 10.5 Å². The summed E-state index contributed by atoms with van der Waals surface area (Å²) in [5, 5.41) is 0. The smallest absolute Gasteiger partial charge is 0.134 e. The van der Waals surface area contributed by atoms with Crippen LogP contribution >= 0.6 is 11.8 Å². The molecule has 2 N–H and O–H groups in total. The molecule has 1 aromatic carbocycles. The predicted molar refractivity (Wildman–Crippen MR) is 60.9 cm³/mol. The summed E-state index contributed by atoms with van der Waals surface area (Å²) >= 11 is 1.87. The molecule has 0 aromatic heterocycles. The van der Waals surface area contributed by atoms with Gasteiger partial charge in [-0.3, -0.25) is 0 Å². The molecular weight excluding hydrogens is 194 g/mol. The van der Waals surface area contributed by atoms with E-state index in [1.54, 1.807) is 7.11 Å². The number of hydrogen-bond donors (Lipinski definition) is 1. The fourth-order valence-electron chi connectivity index (χ4n) is 1.30. The van der Waals surface area contributed by atoms with E-state index in [9.17, 15) is 0 Å². The molecule has 0 bridgehead atoms. The second-order valence-corrected chi connectivity index (χ2v) is 4.73. The second kappa shape index (κ2) is 4.13. The Labute approximate surface area is 88.8 Å². The number of methoxy groups -OCH3 is 1. The summed E-state index contributed by atoms with van der Waals surface area (Å²) in [4.78, 5) is 1.20. The summed E-state index contributed by atoms with van der Waals surface area (Å²) in [6, 6.07) is 5.86. The number of thioether (sulfide) groups is 1. The normalized spacial score (nSPS) is 15.5. The molecule has 1 fully saturated rings. The van der Waals surface area contributed by atoms with Gasteiger partial charge in [-0.1, -0.05) is 0 Å². The third-order valence-corrected chi connectivity index (χ3v) is 3.65. The Morgan fingerprint density at radius 1 is 1.50 bits per heavy atom. The van der Waals surface area contributed by atoms with Crippen LogP contribution in [0.3, 0.4) is 0 Å². The van der Waals surface area contributed by atoms with Gasteiger partial charge in [-0.05, 0) is 30.9 Å². The minimum atomic E-state index is 0.762. The first-order valence-corrected chi connectivity index (χ1v) is 5.84. The number of ether oxygens (including phenoxy) is 1. The Kier molecular flexibility index (Phi) is 2.87. The zero-order valence-electron chi connectivity index (χ0n) is 8.32. The molecule has 2 nitrogen and oxygen atoms in total. The van der Waals surface area contributed by atoms with E-state index < -0.39 is 0 Å². The quantitative estimate of drug-likeness (QED) is 0.611. The molecule has 0 aliphatic heterocycles. The SMILES string of the molecule is COc1cc(N)ccc1SCC1CC1. The van der Waals surface area contributed by atoms with Crippen LogP contribution in [0.2, 0.25) is 0 Å². The monoisotopic (exact) mass is 209 g/mol. The molecule has 0 amide bonds. The second-order valence-electron chi connectivity index (χ2n) is 3.66. The average molecular weight is 209 g/mol. The number of nitrogen functional groups attached to an aromatic ring is 1. The highest BCUT2D eigenvalue weighted by molar-refractivity contribution is 7.99. The van der Waals surface area contributed by atoms with Crippen LogP contribution in [0.15, 0.2) is 23.1 Å². The minimum Gasteiger partial charge on any atom is -0.496 e. The van der Waals surface area contributed by atoms with Crippen LogP contribution in [0.1, 0.15) is 12.8 Å². The molecule has 1 aromatic rings. The largest absolute Gasteiger partial charge is 0.496 e. The summed E-state index contributed by atoms with van der Waals surface area (Å²) in [5.41, 5.74) is 6.44. The van der Waals surface area contributed by atoms with E-state index in [1.165, 1.54) is 23.5 Å². The zero-order valence-corrected chi connectivity index (χ0v) is 9.14. The summed E-state index contributed by atoms with van der Waals surface area (Å²) in [6.07, 6.45) is 2.79. The van der Waals surface area contributed by atoms with Crippen molar-refractivity contribution in [3.05, 3.63) is 18.2 Å². The molecule has 1 saturated carbocycles. The van der Waals surface area contributed by atoms with Gasteiger partial charge in [-0.15, -0.1) is 11.8 Å². The minimum absolute atomic E-state index is 0.762. The van der Waals surface area contributed by atoms with Gasteiger partial charge in [0.2, 0.25) is 0 Å². The zero-order chi connectivity index (χ0) is 9.97. The molecule has 0 saturated heterocycles. The Morgan fingerprint density at radius 2 is 2.29 bits per heavy atom. The summed E-state index contributed by atoms with van der Waals surface area (Å²) < 4.78 is 5.28. The van der Waals surface area contributed by atoms with Gasteiger partial charge in [0, 0.05) is 22.4 Å². The maximum atomic E-state index is 5.68. The Morgan fingerprint density at radius 3 is 2.93 bits per heavy atom. The molecule has 1 aliphatic rings. The first-order valence-electron chi connectivity index (χ1n) is 4.86. The van der Waals surface area contributed by atoms with Crippen LogP contribution in [0, 0.1) is 5.92 Å². The van der Waals surface area contributed by atoms with Crippen molar-refractivity contribution < 1.29 is 4.74 Å². The van der Waals surface area contributed by atoms with Crippen molar-refractivity contribution in [1.82, 2.24) is 0 Å². The summed E-state index contributed by atoms with van der Waals surface area (Å²) in [5.74, 6) is 3.04. The van der Waals surface area contributed by atoms with Gasteiger partial charge in [-0.25, -0.2) is 0 Å². The van der Waals surface area contributed by atoms with Crippen molar-refractivity contribution in [2.45, 2.75) is 17.7 Å². The lowest BCUT2D eigenvalue weighted by molar-refractivity contribution is 0.405. The topological polar surface area (TPSA) is 35.2 Å². The maximum Gasteiger partial charge on any atom is 0.134 e. The fraction of sp³-hybridized carbons (Fsp3) is 0.455. The molecule has 1 aliphatic carbocycles. The Bertz CT molecular complexity index is 323. The molecule has 0 unspecified atom stereocenters. The predicted octanol–water partition coefficient (Wildman–Crippen LogP) is 2.78. The van der Waals surface area contributed by atoms with Gasteiger partial charge in [0.15, 0.2) is 0 Å². The Balaban J connectivity index is 2.05. The van der Waals surface area contributed by atoms with Gasteiger partial charge >= 0.3 is 0 Å². The average Bonchev–Trinajstić information content (AvgIpc) is 2.99. The highest BCUT2D eigenvalue weighted by Gasteiger charge is 2.21. The summed E-state index contributed by atoms with van der Waals surface area (Å²) in [6.45, 7) is 0. The lowest BCUT2D eigenvalue weighted by atomic mass is 10.3. The number of hydrogen-bond acceptors (Lipinski definition) is 3. The number of benzene rings is 1. The van der Waals surface area contributed by atoms with Crippen LogP contribution in [0.4, 0.5) is 5.69 Å². The van der Waals surface area contributed by atoms with E-state index >= 15 is 0 Å². The first-order chi connectivity index (χ1) is 6.79. The molecule has 2 rings (SSSR count). The van der Waals surface area contributed by atoms with Gasteiger partial charge in [0.05, 0.1) is 7.11 Å². The number of nitrogens with two attached hydrogens (primary N) is 1. The van der Waals surface area contributed by atoms with E-state index in [-0.39, 0.29) is 0 Å². The van der Waals surface area contributed by atoms with Crippen molar-refractivity contribution in [3.8, 4) is 5.75 Å². The van der Waals surface area contributed by atoms with Crippen LogP contribution in [0.5, 0.6) is 5.75 Å². The molecule has 0 spiro atoms. The molecule has 0 radical (unpaired) electrons.